The summed E-state index contributed by atoms with van der Waals surface area (Å²) < 4.78 is 0. The second-order valence-electron chi connectivity index (χ2n) is 4.84. The topological polar surface area (TPSA) is 12.9 Å². The first kappa shape index (κ1) is 11.5. The molecule has 0 amide bonds. The van der Waals surface area contributed by atoms with Gasteiger partial charge in [-0.1, -0.05) is 20.8 Å². The van der Waals surface area contributed by atoms with Gasteiger partial charge < -0.3 is 0 Å². The van der Waals surface area contributed by atoms with Gasteiger partial charge >= 0.3 is 0 Å². The van der Waals surface area contributed by atoms with Crippen LogP contribution in [0.25, 0.3) is 0 Å². The molecule has 0 radical (unpaired) electrons. The van der Waals surface area contributed by atoms with Crippen molar-refractivity contribution >= 4 is 11.6 Å². The Hall–Kier alpha value is -0.560. The van der Waals surface area contributed by atoms with Crippen LogP contribution in [-0.2, 0) is 6.42 Å². The highest BCUT2D eigenvalue weighted by Crippen LogP contribution is 2.27. The zero-order chi connectivity index (χ0) is 10.8. The van der Waals surface area contributed by atoms with Crippen molar-refractivity contribution in [3.05, 3.63) is 29.6 Å². The van der Waals surface area contributed by atoms with Gasteiger partial charge in [0.25, 0.3) is 0 Å². The van der Waals surface area contributed by atoms with Crippen LogP contribution >= 0.6 is 11.6 Å². The van der Waals surface area contributed by atoms with E-state index in [1.165, 1.54) is 11.1 Å². The Balaban J connectivity index is 2.75. The van der Waals surface area contributed by atoms with Crippen molar-refractivity contribution in [1.29, 1.82) is 0 Å². The predicted octanol–water partition coefficient (Wildman–Crippen LogP) is 3.59. The Morgan fingerprint density at radius 3 is 2.57 bits per heavy atom. The molecule has 0 aromatic carbocycles. The van der Waals surface area contributed by atoms with E-state index in [-0.39, 0.29) is 10.8 Å². The molecule has 1 aromatic heterocycles. The number of rotatable bonds is 2. The molecule has 0 saturated carbocycles. The summed E-state index contributed by atoms with van der Waals surface area (Å²) in [5.74, 6) is 0. The summed E-state index contributed by atoms with van der Waals surface area (Å²) in [5.41, 5.74) is 2.68. The zero-order valence-corrected chi connectivity index (χ0v) is 10.1. The molecule has 0 fully saturated rings. The second kappa shape index (κ2) is 4.31. The van der Waals surface area contributed by atoms with Gasteiger partial charge in [0.05, 0.1) is 0 Å². The Morgan fingerprint density at radius 1 is 1.43 bits per heavy atom. The minimum absolute atomic E-state index is 0.150. The first-order valence-electron chi connectivity index (χ1n) is 4.95. The van der Waals surface area contributed by atoms with E-state index < -0.39 is 0 Å². The van der Waals surface area contributed by atoms with E-state index in [0.717, 1.165) is 6.42 Å². The number of aromatic nitrogens is 1. The summed E-state index contributed by atoms with van der Waals surface area (Å²) in [6.07, 6.45) is 4.63. The number of hydrogen-bond acceptors (Lipinski definition) is 1. The van der Waals surface area contributed by atoms with E-state index in [9.17, 15) is 0 Å². The van der Waals surface area contributed by atoms with Crippen LogP contribution in [-0.4, -0.2) is 10.4 Å². The molecule has 1 nitrogen and oxygen atoms in total. The van der Waals surface area contributed by atoms with E-state index in [2.05, 4.69) is 38.7 Å². The fourth-order valence-corrected chi connectivity index (χ4v) is 1.40. The highest BCUT2D eigenvalue weighted by molar-refractivity contribution is 6.21. The van der Waals surface area contributed by atoms with E-state index in [1.54, 1.807) is 0 Å². The normalized spacial score (nSPS) is 14.1. The van der Waals surface area contributed by atoms with Gasteiger partial charge in [0.1, 0.15) is 0 Å². The molecule has 2 heteroatoms. The number of pyridine rings is 1. The molecule has 0 aliphatic carbocycles. The second-order valence-corrected chi connectivity index (χ2v) is 5.37. The van der Waals surface area contributed by atoms with E-state index in [4.69, 9.17) is 11.6 Å². The van der Waals surface area contributed by atoms with Gasteiger partial charge in [-0.2, -0.15) is 0 Å². The molecule has 0 bridgehead atoms. The maximum absolute atomic E-state index is 6.34. The van der Waals surface area contributed by atoms with Gasteiger partial charge in [-0.05, 0) is 36.0 Å². The number of nitrogens with zero attached hydrogens (tertiary/aromatic N) is 1. The summed E-state index contributed by atoms with van der Waals surface area (Å²) in [5, 5.41) is 0.170. The van der Waals surface area contributed by atoms with E-state index >= 15 is 0 Å². The van der Waals surface area contributed by atoms with Gasteiger partial charge in [-0.3, -0.25) is 4.98 Å². The van der Waals surface area contributed by atoms with Crippen molar-refractivity contribution in [2.24, 2.45) is 5.41 Å². The van der Waals surface area contributed by atoms with Crippen LogP contribution in [0.2, 0.25) is 0 Å². The van der Waals surface area contributed by atoms with Crippen LogP contribution in [0.1, 0.15) is 31.9 Å². The van der Waals surface area contributed by atoms with Crippen molar-refractivity contribution in [2.75, 3.05) is 0 Å². The Labute approximate surface area is 91.5 Å². The Kier molecular flexibility index (Phi) is 3.54. The van der Waals surface area contributed by atoms with E-state index in [0.29, 0.717) is 0 Å². The molecular weight excluding hydrogens is 194 g/mol. The minimum atomic E-state index is 0.150. The molecule has 14 heavy (non-hydrogen) atoms. The summed E-state index contributed by atoms with van der Waals surface area (Å²) in [6, 6.07) is 2.05. The van der Waals surface area contributed by atoms with Gasteiger partial charge in [0, 0.05) is 17.8 Å². The quantitative estimate of drug-likeness (QED) is 0.682. The molecule has 78 valence electrons. The lowest BCUT2D eigenvalue weighted by molar-refractivity contribution is 0.386. The highest BCUT2D eigenvalue weighted by atomic mass is 35.5. The van der Waals surface area contributed by atoms with Crippen LogP contribution in [0.5, 0.6) is 0 Å². The molecule has 1 heterocycles. The maximum atomic E-state index is 6.34. The highest BCUT2D eigenvalue weighted by Gasteiger charge is 2.22. The fraction of sp³-hybridized carbons (Fsp3) is 0.583. The largest absolute Gasteiger partial charge is 0.264 e. The first-order chi connectivity index (χ1) is 6.41. The first-order valence-corrected chi connectivity index (χ1v) is 5.38. The third-order valence-corrected chi connectivity index (χ3v) is 3.28. The fourth-order valence-electron chi connectivity index (χ4n) is 1.23. The van der Waals surface area contributed by atoms with Crippen LogP contribution in [0.4, 0.5) is 0 Å². The van der Waals surface area contributed by atoms with Crippen LogP contribution in [0.3, 0.4) is 0 Å². The molecule has 1 rings (SSSR count). The molecule has 1 atom stereocenters. The smallest absolute Gasteiger partial charge is 0.0424 e. The van der Waals surface area contributed by atoms with Crippen molar-refractivity contribution in [3.8, 4) is 0 Å². The summed E-state index contributed by atoms with van der Waals surface area (Å²) in [4.78, 5) is 4.07. The van der Waals surface area contributed by atoms with Crippen molar-refractivity contribution in [1.82, 2.24) is 4.98 Å². The molecule has 0 aliphatic rings. The Morgan fingerprint density at radius 2 is 2.07 bits per heavy atom. The minimum Gasteiger partial charge on any atom is -0.264 e. The summed E-state index contributed by atoms with van der Waals surface area (Å²) in [7, 11) is 0. The standard InChI is InChI=1S/C12H18ClN/c1-9-8-14-6-5-10(9)7-11(13)12(2,3)4/h5-6,8,11H,7H2,1-4H3. The molecule has 0 spiro atoms. The third-order valence-electron chi connectivity index (χ3n) is 2.48. The average Bonchev–Trinajstić information content (AvgIpc) is 2.07. The summed E-state index contributed by atoms with van der Waals surface area (Å²) in [6.45, 7) is 8.58. The van der Waals surface area contributed by atoms with Crippen LogP contribution in [0, 0.1) is 12.3 Å². The van der Waals surface area contributed by atoms with Crippen molar-refractivity contribution in [2.45, 2.75) is 39.5 Å². The zero-order valence-electron chi connectivity index (χ0n) is 9.34. The molecule has 1 aromatic rings. The number of halogens is 1. The van der Waals surface area contributed by atoms with Crippen LogP contribution in [0.15, 0.2) is 18.5 Å². The molecule has 1 unspecified atom stereocenters. The lowest BCUT2D eigenvalue weighted by Gasteiger charge is -2.25. The molecule has 0 N–H and O–H groups in total. The predicted molar refractivity (Wildman–Crippen MR) is 61.8 cm³/mol. The monoisotopic (exact) mass is 211 g/mol. The Bertz CT molecular complexity index is 301. The lowest BCUT2D eigenvalue weighted by atomic mass is 9.87. The van der Waals surface area contributed by atoms with Crippen LogP contribution < -0.4 is 0 Å². The average molecular weight is 212 g/mol. The molecule has 0 saturated heterocycles. The number of alkyl halides is 1. The van der Waals surface area contributed by atoms with Gasteiger partial charge in [0.2, 0.25) is 0 Å². The van der Waals surface area contributed by atoms with Crippen molar-refractivity contribution in [3.63, 3.8) is 0 Å². The van der Waals surface area contributed by atoms with Gasteiger partial charge in [0.15, 0.2) is 0 Å². The summed E-state index contributed by atoms with van der Waals surface area (Å²) >= 11 is 6.34. The number of hydrogen-bond donors (Lipinski definition) is 0. The lowest BCUT2D eigenvalue weighted by Crippen LogP contribution is -2.23. The number of aryl methyl sites for hydroxylation is 1. The third kappa shape index (κ3) is 2.98. The molecule has 0 aliphatic heterocycles. The SMILES string of the molecule is Cc1cnccc1CC(Cl)C(C)(C)C. The maximum Gasteiger partial charge on any atom is 0.0424 e. The molecular formula is C12H18ClN. The van der Waals surface area contributed by atoms with E-state index in [1.807, 2.05) is 12.4 Å². The van der Waals surface area contributed by atoms with Gasteiger partial charge in [-0.15, -0.1) is 11.6 Å². The van der Waals surface area contributed by atoms with Gasteiger partial charge in [-0.25, -0.2) is 0 Å². The van der Waals surface area contributed by atoms with Crippen molar-refractivity contribution < 1.29 is 0 Å².